The summed E-state index contributed by atoms with van der Waals surface area (Å²) in [6.45, 7) is 1.60. The van der Waals surface area contributed by atoms with Gasteiger partial charge >= 0.3 is 5.69 Å². The molecule has 0 saturated carbocycles. The van der Waals surface area contributed by atoms with E-state index in [1.807, 2.05) is 4.98 Å². The highest BCUT2D eigenvalue weighted by Gasteiger charge is 2.11. The normalized spacial score (nSPS) is 11.0. The first-order valence-corrected chi connectivity index (χ1v) is 5.39. The Hall–Kier alpha value is -2.22. The highest BCUT2D eigenvalue weighted by molar-refractivity contribution is 5.68. The number of aliphatic hydroxyl groups is 1. The van der Waals surface area contributed by atoms with Gasteiger partial charge in [-0.25, -0.2) is 9.78 Å². The van der Waals surface area contributed by atoms with Gasteiger partial charge in [0.1, 0.15) is 11.3 Å². The van der Waals surface area contributed by atoms with Crippen molar-refractivity contribution in [3.63, 3.8) is 0 Å². The van der Waals surface area contributed by atoms with E-state index >= 15 is 0 Å². The molecule has 0 aliphatic carbocycles. The summed E-state index contributed by atoms with van der Waals surface area (Å²) in [5.41, 5.74) is -1.49. The number of H-pyrrole nitrogens is 2. The van der Waals surface area contributed by atoms with Crippen LogP contribution in [0.1, 0.15) is 12.1 Å². The Morgan fingerprint density at radius 3 is 2.67 bits per heavy atom. The lowest BCUT2D eigenvalue weighted by Gasteiger charge is -2.08. The highest BCUT2D eigenvalue weighted by atomic mass is 16.3. The molecule has 0 aliphatic heterocycles. The van der Waals surface area contributed by atoms with Gasteiger partial charge < -0.3 is 5.11 Å². The van der Waals surface area contributed by atoms with E-state index in [4.69, 9.17) is 5.11 Å². The van der Waals surface area contributed by atoms with Crippen molar-refractivity contribution in [1.82, 2.24) is 19.5 Å². The first-order chi connectivity index (χ1) is 8.54. The van der Waals surface area contributed by atoms with Crippen LogP contribution in [0.4, 0.5) is 0 Å². The van der Waals surface area contributed by atoms with E-state index in [1.165, 1.54) is 11.5 Å². The number of nitrogens with one attached hydrogen (secondary N) is 2. The molecule has 2 aromatic heterocycles. The van der Waals surface area contributed by atoms with E-state index in [0.29, 0.717) is 6.42 Å². The molecule has 0 fully saturated rings. The third-order valence-electron chi connectivity index (χ3n) is 2.54. The fraction of sp³-hybridized carbons (Fsp3) is 0.400. The van der Waals surface area contributed by atoms with Gasteiger partial charge in [0.25, 0.3) is 11.1 Å². The zero-order chi connectivity index (χ0) is 13.3. The number of hydrogen-bond donors (Lipinski definition) is 3. The average molecular weight is 252 g/mol. The summed E-state index contributed by atoms with van der Waals surface area (Å²) in [6, 6.07) is 0. The molecule has 2 rings (SSSR count). The Bertz CT molecular complexity index is 755. The van der Waals surface area contributed by atoms with Gasteiger partial charge in [0.05, 0.1) is 0 Å². The van der Waals surface area contributed by atoms with Crippen molar-refractivity contribution in [2.24, 2.45) is 0 Å². The summed E-state index contributed by atoms with van der Waals surface area (Å²) in [5.74, 6) is 0. The summed E-state index contributed by atoms with van der Waals surface area (Å²) in [4.78, 5) is 43.0. The van der Waals surface area contributed by atoms with E-state index in [2.05, 4.69) is 9.97 Å². The zero-order valence-electron chi connectivity index (χ0n) is 9.69. The van der Waals surface area contributed by atoms with Gasteiger partial charge in [-0.05, 0) is 13.3 Å². The topological polar surface area (TPSA) is 121 Å². The van der Waals surface area contributed by atoms with Crippen molar-refractivity contribution in [2.75, 3.05) is 6.61 Å². The Kier molecular flexibility index (Phi) is 3.11. The summed E-state index contributed by atoms with van der Waals surface area (Å²) in [7, 11) is 0. The minimum Gasteiger partial charge on any atom is -0.396 e. The van der Waals surface area contributed by atoms with E-state index in [1.54, 1.807) is 0 Å². The van der Waals surface area contributed by atoms with Crippen LogP contribution >= 0.6 is 0 Å². The minimum absolute atomic E-state index is 0.00430. The molecular weight excluding hydrogens is 240 g/mol. The van der Waals surface area contributed by atoms with Crippen LogP contribution in [0, 0.1) is 6.92 Å². The number of aliphatic hydroxyl groups excluding tert-OH is 1. The molecule has 0 spiro atoms. The van der Waals surface area contributed by atoms with Gasteiger partial charge in [-0.2, -0.15) is 0 Å². The summed E-state index contributed by atoms with van der Waals surface area (Å²) < 4.78 is 1.24. The molecule has 0 saturated heterocycles. The zero-order valence-corrected chi connectivity index (χ0v) is 9.69. The molecule has 0 atom stereocenters. The van der Waals surface area contributed by atoms with Crippen LogP contribution in [-0.2, 0) is 6.54 Å². The Labute approximate surface area is 99.9 Å². The standard InChI is InChI=1S/C10H12N4O4/c1-5-9(17)14(3-2-4-15)7-6(11-5)8(16)13-10(18)12-7/h15H,2-4H2,1H3,(H2,12,13,16,18). The maximum Gasteiger partial charge on any atom is 0.327 e. The fourth-order valence-electron chi connectivity index (χ4n) is 1.72. The third-order valence-corrected chi connectivity index (χ3v) is 2.54. The van der Waals surface area contributed by atoms with Crippen LogP contribution in [0.3, 0.4) is 0 Å². The van der Waals surface area contributed by atoms with Crippen LogP contribution in [0.15, 0.2) is 14.4 Å². The molecule has 2 aromatic rings. The first-order valence-electron chi connectivity index (χ1n) is 5.39. The number of hydrogen-bond acceptors (Lipinski definition) is 5. The molecule has 0 amide bonds. The van der Waals surface area contributed by atoms with Gasteiger partial charge in [0, 0.05) is 13.2 Å². The lowest BCUT2D eigenvalue weighted by molar-refractivity contribution is 0.279. The monoisotopic (exact) mass is 252 g/mol. The maximum atomic E-state index is 11.9. The second kappa shape index (κ2) is 4.57. The molecule has 0 aromatic carbocycles. The quantitative estimate of drug-likeness (QED) is 0.611. The van der Waals surface area contributed by atoms with E-state index in [9.17, 15) is 14.4 Å². The predicted octanol–water partition coefficient (Wildman–Crippen LogP) is -1.54. The Morgan fingerprint density at radius 1 is 1.28 bits per heavy atom. The fourth-order valence-corrected chi connectivity index (χ4v) is 1.72. The van der Waals surface area contributed by atoms with Crippen molar-refractivity contribution in [3.05, 3.63) is 36.9 Å². The average Bonchev–Trinajstić information content (AvgIpc) is 2.31. The number of rotatable bonds is 3. The summed E-state index contributed by atoms with van der Waals surface area (Å²) in [6.07, 6.45) is 0.341. The lowest BCUT2D eigenvalue weighted by Crippen LogP contribution is -2.31. The van der Waals surface area contributed by atoms with E-state index in [0.717, 1.165) is 0 Å². The smallest absolute Gasteiger partial charge is 0.327 e. The van der Waals surface area contributed by atoms with Crippen molar-refractivity contribution in [1.29, 1.82) is 0 Å². The van der Waals surface area contributed by atoms with Gasteiger partial charge in [0.15, 0.2) is 5.52 Å². The van der Waals surface area contributed by atoms with Crippen LogP contribution < -0.4 is 16.8 Å². The van der Waals surface area contributed by atoms with Crippen molar-refractivity contribution < 1.29 is 5.11 Å². The summed E-state index contributed by atoms with van der Waals surface area (Å²) >= 11 is 0. The molecule has 8 nitrogen and oxygen atoms in total. The highest BCUT2D eigenvalue weighted by Crippen LogP contribution is 2.01. The van der Waals surface area contributed by atoms with Crippen LogP contribution in [-0.4, -0.2) is 31.2 Å². The molecule has 8 heteroatoms. The van der Waals surface area contributed by atoms with E-state index in [-0.39, 0.29) is 30.0 Å². The maximum absolute atomic E-state index is 11.9. The minimum atomic E-state index is -0.699. The number of aryl methyl sites for hydroxylation is 2. The number of aromatic amines is 2. The second-order valence-electron chi connectivity index (χ2n) is 3.84. The number of fused-ring (bicyclic) bond motifs is 1. The van der Waals surface area contributed by atoms with Gasteiger partial charge in [-0.15, -0.1) is 0 Å². The Balaban J connectivity index is 2.88. The van der Waals surface area contributed by atoms with Crippen molar-refractivity contribution in [2.45, 2.75) is 19.9 Å². The first kappa shape index (κ1) is 12.2. The van der Waals surface area contributed by atoms with Gasteiger partial charge in [-0.3, -0.25) is 24.1 Å². The number of aromatic nitrogens is 4. The molecule has 3 N–H and O–H groups in total. The SMILES string of the molecule is Cc1nc2c(=O)[nH]c(=O)[nH]c2n(CCCO)c1=O. The molecule has 96 valence electrons. The molecule has 2 heterocycles. The largest absolute Gasteiger partial charge is 0.396 e. The van der Waals surface area contributed by atoms with Crippen LogP contribution in [0.5, 0.6) is 0 Å². The molecule has 0 aliphatic rings. The summed E-state index contributed by atoms with van der Waals surface area (Å²) in [5, 5.41) is 8.80. The Morgan fingerprint density at radius 2 is 2.00 bits per heavy atom. The molecule has 0 bridgehead atoms. The number of nitrogens with zero attached hydrogens (tertiary/aromatic N) is 2. The van der Waals surface area contributed by atoms with E-state index < -0.39 is 16.8 Å². The van der Waals surface area contributed by atoms with Gasteiger partial charge in [0.2, 0.25) is 0 Å². The third kappa shape index (κ3) is 1.97. The molecule has 0 radical (unpaired) electrons. The molecular formula is C10H12N4O4. The second-order valence-corrected chi connectivity index (χ2v) is 3.84. The predicted molar refractivity (Wildman–Crippen MR) is 63.7 cm³/mol. The van der Waals surface area contributed by atoms with Crippen LogP contribution in [0.25, 0.3) is 11.2 Å². The van der Waals surface area contributed by atoms with Crippen molar-refractivity contribution in [3.8, 4) is 0 Å². The van der Waals surface area contributed by atoms with Gasteiger partial charge in [-0.1, -0.05) is 0 Å². The molecule has 18 heavy (non-hydrogen) atoms. The molecule has 0 unspecified atom stereocenters. The lowest BCUT2D eigenvalue weighted by atomic mass is 10.3. The van der Waals surface area contributed by atoms with Crippen molar-refractivity contribution >= 4 is 11.2 Å². The van der Waals surface area contributed by atoms with Crippen LogP contribution in [0.2, 0.25) is 0 Å².